The summed E-state index contributed by atoms with van der Waals surface area (Å²) in [5, 5.41) is 7.60. The van der Waals surface area contributed by atoms with Gasteiger partial charge in [0, 0.05) is 31.1 Å². The van der Waals surface area contributed by atoms with Gasteiger partial charge in [-0.25, -0.2) is 4.39 Å². The lowest BCUT2D eigenvalue weighted by Crippen LogP contribution is -2.34. The van der Waals surface area contributed by atoms with E-state index < -0.39 is 0 Å². The lowest BCUT2D eigenvalue weighted by atomic mass is 9.85. The Bertz CT molecular complexity index is 831. The third-order valence-electron chi connectivity index (χ3n) is 5.48. The zero-order chi connectivity index (χ0) is 18.8. The topological polar surface area (TPSA) is 59.4 Å². The molecule has 0 atom stereocenters. The van der Waals surface area contributed by atoms with Crippen LogP contribution in [0, 0.1) is 11.7 Å². The SMILES string of the molecule is COc1ccc(F)cc1CN1CCn2nc(CNC(=O)C3CCC3)cc2C1. The minimum atomic E-state index is -0.252. The highest BCUT2D eigenvalue weighted by atomic mass is 19.1. The average molecular weight is 372 g/mol. The molecule has 7 heteroatoms. The molecule has 0 saturated heterocycles. The van der Waals surface area contributed by atoms with Crippen LogP contribution in [-0.2, 0) is 31.0 Å². The maximum atomic E-state index is 13.6. The third-order valence-corrected chi connectivity index (χ3v) is 5.48. The average Bonchev–Trinajstić information content (AvgIpc) is 3.01. The largest absolute Gasteiger partial charge is 0.496 e. The van der Waals surface area contributed by atoms with Crippen LogP contribution in [0.3, 0.4) is 0 Å². The predicted octanol–water partition coefficient (Wildman–Crippen LogP) is 2.46. The van der Waals surface area contributed by atoms with Crippen molar-refractivity contribution in [2.24, 2.45) is 5.92 Å². The summed E-state index contributed by atoms with van der Waals surface area (Å²) in [7, 11) is 1.60. The quantitative estimate of drug-likeness (QED) is 0.846. The standard InChI is InChI=1S/C20H25FN4O2/c1-27-19-6-5-16(21)9-15(19)12-24-7-8-25-18(13-24)10-17(23-25)11-22-20(26)14-3-2-4-14/h5-6,9-10,14H,2-4,7-8,11-13H2,1H3,(H,22,26). The lowest BCUT2D eigenvalue weighted by molar-refractivity contribution is -0.127. The van der Waals surface area contributed by atoms with Crippen molar-refractivity contribution in [2.75, 3.05) is 13.7 Å². The summed E-state index contributed by atoms with van der Waals surface area (Å²) in [6.07, 6.45) is 3.16. The number of methoxy groups -OCH3 is 1. The number of halogens is 1. The van der Waals surface area contributed by atoms with Crippen molar-refractivity contribution < 1.29 is 13.9 Å². The second-order valence-electron chi connectivity index (χ2n) is 7.36. The van der Waals surface area contributed by atoms with Gasteiger partial charge in [-0.2, -0.15) is 5.10 Å². The van der Waals surface area contributed by atoms with Crippen molar-refractivity contribution >= 4 is 5.91 Å². The first kappa shape index (κ1) is 18.0. The Balaban J connectivity index is 1.38. The number of fused-ring (bicyclic) bond motifs is 1. The molecule has 2 aromatic rings. The molecule has 1 amide bonds. The Morgan fingerprint density at radius 3 is 2.93 bits per heavy atom. The summed E-state index contributed by atoms with van der Waals surface area (Å²) in [6.45, 7) is 3.46. The molecule has 2 heterocycles. The summed E-state index contributed by atoms with van der Waals surface area (Å²) in [4.78, 5) is 14.2. The summed E-state index contributed by atoms with van der Waals surface area (Å²) >= 11 is 0. The smallest absolute Gasteiger partial charge is 0.223 e. The zero-order valence-electron chi connectivity index (χ0n) is 15.6. The van der Waals surface area contributed by atoms with Crippen LogP contribution in [-0.4, -0.2) is 34.2 Å². The first-order chi connectivity index (χ1) is 13.1. The maximum absolute atomic E-state index is 13.6. The van der Waals surface area contributed by atoms with Gasteiger partial charge in [0.15, 0.2) is 0 Å². The number of benzene rings is 1. The molecule has 0 unspecified atom stereocenters. The van der Waals surface area contributed by atoms with Crippen LogP contribution in [0.15, 0.2) is 24.3 Å². The van der Waals surface area contributed by atoms with Crippen LogP contribution in [0.4, 0.5) is 4.39 Å². The molecule has 1 aliphatic carbocycles. The van der Waals surface area contributed by atoms with Crippen LogP contribution in [0.1, 0.15) is 36.2 Å². The van der Waals surface area contributed by atoms with Gasteiger partial charge < -0.3 is 10.1 Å². The predicted molar refractivity (Wildman–Crippen MR) is 98.5 cm³/mol. The van der Waals surface area contributed by atoms with Gasteiger partial charge in [-0.1, -0.05) is 6.42 Å². The Labute approximate surface area is 158 Å². The van der Waals surface area contributed by atoms with Crippen molar-refractivity contribution in [3.63, 3.8) is 0 Å². The number of carbonyl (C=O) groups is 1. The molecule has 27 heavy (non-hydrogen) atoms. The molecular formula is C20H25FN4O2. The maximum Gasteiger partial charge on any atom is 0.223 e. The highest BCUT2D eigenvalue weighted by molar-refractivity contribution is 5.79. The molecule has 1 saturated carbocycles. The van der Waals surface area contributed by atoms with E-state index in [1.807, 2.05) is 4.68 Å². The number of carbonyl (C=O) groups excluding carboxylic acids is 1. The van der Waals surface area contributed by atoms with E-state index in [1.165, 1.54) is 12.1 Å². The molecular weight excluding hydrogens is 347 g/mol. The molecule has 1 fully saturated rings. The van der Waals surface area contributed by atoms with Crippen molar-refractivity contribution in [1.82, 2.24) is 20.0 Å². The molecule has 4 rings (SSSR count). The van der Waals surface area contributed by atoms with Gasteiger partial charge in [0.05, 0.1) is 31.6 Å². The number of nitrogens with one attached hydrogen (secondary N) is 1. The van der Waals surface area contributed by atoms with E-state index in [9.17, 15) is 9.18 Å². The number of nitrogens with zero attached hydrogens (tertiary/aromatic N) is 3. The van der Waals surface area contributed by atoms with Gasteiger partial charge in [0.25, 0.3) is 0 Å². The molecule has 2 aliphatic rings. The van der Waals surface area contributed by atoms with Gasteiger partial charge in [-0.3, -0.25) is 14.4 Å². The van der Waals surface area contributed by atoms with E-state index in [0.717, 1.165) is 55.8 Å². The number of hydrogen-bond acceptors (Lipinski definition) is 4. The van der Waals surface area contributed by atoms with Crippen molar-refractivity contribution in [3.05, 3.63) is 47.0 Å². The Morgan fingerprint density at radius 2 is 2.19 bits per heavy atom. The summed E-state index contributed by atoms with van der Waals surface area (Å²) in [5.41, 5.74) is 2.85. The molecule has 0 radical (unpaired) electrons. The lowest BCUT2D eigenvalue weighted by Gasteiger charge is -2.28. The van der Waals surface area contributed by atoms with E-state index in [0.29, 0.717) is 18.8 Å². The van der Waals surface area contributed by atoms with Crippen molar-refractivity contribution in [3.8, 4) is 5.75 Å². The van der Waals surface area contributed by atoms with E-state index in [4.69, 9.17) is 4.74 Å². The molecule has 1 aromatic heterocycles. The highest BCUT2D eigenvalue weighted by Gasteiger charge is 2.25. The molecule has 1 N–H and O–H groups in total. The van der Waals surface area contributed by atoms with Crippen LogP contribution < -0.4 is 10.1 Å². The molecule has 0 bridgehead atoms. The monoisotopic (exact) mass is 372 g/mol. The van der Waals surface area contributed by atoms with Gasteiger partial charge in [-0.05, 0) is 37.1 Å². The summed E-state index contributed by atoms with van der Waals surface area (Å²) in [5.74, 6) is 0.790. The minimum absolute atomic E-state index is 0.145. The normalized spacial score (nSPS) is 17.3. The van der Waals surface area contributed by atoms with Crippen LogP contribution >= 0.6 is 0 Å². The number of aromatic nitrogens is 2. The Morgan fingerprint density at radius 1 is 1.33 bits per heavy atom. The van der Waals surface area contributed by atoms with Crippen molar-refractivity contribution in [2.45, 2.75) is 45.4 Å². The fraction of sp³-hybridized carbons (Fsp3) is 0.500. The van der Waals surface area contributed by atoms with E-state index >= 15 is 0 Å². The highest BCUT2D eigenvalue weighted by Crippen LogP contribution is 2.26. The van der Waals surface area contributed by atoms with Gasteiger partial charge in [0.1, 0.15) is 11.6 Å². The Hall–Kier alpha value is -2.41. The number of amides is 1. The summed E-state index contributed by atoms with van der Waals surface area (Å²) < 4.78 is 21.0. The van der Waals surface area contributed by atoms with E-state index in [2.05, 4.69) is 21.4 Å². The first-order valence-electron chi connectivity index (χ1n) is 9.50. The minimum Gasteiger partial charge on any atom is -0.496 e. The number of hydrogen-bond donors (Lipinski definition) is 1. The van der Waals surface area contributed by atoms with Gasteiger partial charge in [0.2, 0.25) is 5.91 Å². The van der Waals surface area contributed by atoms with Crippen LogP contribution in [0.25, 0.3) is 0 Å². The molecule has 1 aliphatic heterocycles. The number of ether oxygens (including phenoxy) is 1. The molecule has 6 nitrogen and oxygen atoms in total. The van der Waals surface area contributed by atoms with Crippen LogP contribution in [0.5, 0.6) is 5.75 Å². The molecule has 1 aromatic carbocycles. The van der Waals surface area contributed by atoms with E-state index in [1.54, 1.807) is 13.2 Å². The summed E-state index contributed by atoms with van der Waals surface area (Å²) in [6, 6.07) is 6.67. The fourth-order valence-corrected chi connectivity index (χ4v) is 3.71. The molecule has 144 valence electrons. The Kier molecular flexibility index (Phi) is 5.11. The second kappa shape index (κ2) is 7.68. The van der Waals surface area contributed by atoms with Crippen molar-refractivity contribution in [1.29, 1.82) is 0 Å². The molecule has 0 spiro atoms. The van der Waals surface area contributed by atoms with Gasteiger partial charge in [-0.15, -0.1) is 0 Å². The van der Waals surface area contributed by atoms with Crippen LogP contribution in [0.2, 0.25) is 0 Å². The third kappa shape index (κ3) is 3.98. The van der Waals surface area contributed by atoms with Gasteiger partial charge >= 0.3 is 0 Å². The number of rotatable bonds is 6. The second-order valence-corrected chi connectivity index (χ2v) is 7.36. The first-order valence-corrected chi connectivity index (χ1v) is 9.50. The fourth-order valence-electron chi connectivity index (χ4n) is 3.71. The zero-order valence-corrected chi connectivity index (χ0v) is 15.6. The van der Waals surface area contributed by atoms with E-state index in [-0.39, 0.29) is 17.6 Å².